The normalized spacial score (nSPS) is 21.1. The smallest absolute Gasteiger partial charge is 0.275 e. The highest BCUT2D eigenvalue weighted by Crippen LogP contribution is 2.30. The lowest BCUT2D eigenvalue weighted by molar-refractivity contribution is -0.384. The molecule has 0 atom stereocenters. The van der Waals surface area contributed by atoms with E-state index in [1.54, 1.807) is 6.07 Å². The second-order valence-electron chi connectivity index (χ2n) is 5.19. The van der Waals surface area contributed by atoms with E-state index in [-0.39, 0.29) is 11.8 Å². The highest BCUT2D eigenvalue weighted by molar-refractivity contribution is 5.56. The summed E-state index contributed by atoms with van der Waals surface area (Å²) < 4.78 is 5.47. The van der Waals surface area contributed by atoms with E-state index >= 15 is 0 Å². The van der Waals surface area contributed by atoms with Crippen LogP contribution in [-0.4, -0.2) is 29.3 Å². The molecule has 1 aromatic rings. The van der Waals surface area contributed by atoms with Crippen LogP contribution in [0.2, 0.25) is 0 Å². The van der Waals surface area contributed by atoms with Gasteiger partial charge in [0.2, 0.25) is 0 Å². The first kappa shape index (κ1) is 14.6. The first-order valence-corrected chi connectivity index (χ1v) is 6.92. The van der Waals surface area contributed by atoms with Crippen molar-refractivity contribution in [2.24, 2.45) is 5.92 Å². The lowest BCUT2D eigenvalue weighted by atomic mass is 9.82. The maximum atomic E-state index is 10.9. The van der Waals surface area contributed by atoms with Gasteiger partial charge in [0, 0.05) is 24.4 Å². The minimum atomic E-state index is -0.420. The Labute approximate surface area is 117 Å². The fraction of sp³-hybridized carbons (Fsp3) is 0.571. The number of nitro groups is 1. The predicted molar refractivity (Wildman–Crippen MR) is 76.1 cm³/mol. The van der Waals surface area contributed by atoms with Crippen LogP contribution in [0.3, 0.4) is 0 Å². The van der Waals surface area contributed by atoms with Crippen LogP contribution in [0, 0.1) is 16.0 Å². The molecule has 6 nitrogen and oxygen atoms in total. The van der Waals surface area contributed by atoms with Crippen molar-refractivity contribution in [2.45, 2.75) is 32.3 Å². The fourth-order valence-electron chi connectivity index (χ4n) is 2.22. The number of aliphatic hydroxyl groups excluding tert-OH is 1. The molecule has 0 unspecified atom stereocenters. The quantitative estimate of drug-likeness (QED) is 0.592. The van der Waals surface area contributed by atoms with Crippen molar-refractivity contribution < 1.29 is 14.8 Å². The van der Waals surface area contributed by atoms with Crippen LogP contribution in [0.25, 0.3) is 0 Å². The zero-order valence-electron chi connectivity index (χ0n) is 11.5. The molecular weight excluding hydrogens is 260 g/mol. The van der Waals surface area contributed by atoms with Crippen LogP contribution in [0.1, 0.15) is 26.2 Å². The second-order valence-corrected chi connectivity index (χ2v) is 5.19. The van der Waals surface area contributed by atoms with Gasteiger partial charge in [-0.25, -0.2) is 0 Å². The van der Waals surface area contributed by atoms with E-state index < -0.39 is 4.92 Å². The van der Waals surface area contributed by atoms with E-state index in [1.807, 2.05) is 6.92 Å². The molecule has 0 spiro atoms. The fourth-order valence-corrected chi connectivity index (χ4v) is 2.22. The Bertz CT molecular complexity index is 472. The highest BCUT2D eigenvalue weighted by Gasteiger charge is 2.26. The number of anilines is 1. The summed E-state index contributed by atoms with van der Waals surface area (Å²) in [6, 6.07) is 4.72. The van der Waals surface area contributed by atoms with Crippen LogP contribution in [0.5, 0.6) is 5.75 Å². The van der Waals surface area contributed by atoms with Gasteiger partial charge in [-0.05, 0) is 25.2 Å². The second kappa shape index (κ2) is 6.56. The number of aliphatic hydroxyl groups is 1. The van der Waals surface area contributed by atoms with Gasteiger partial charge in [-0.1, -0.05) is 6.92 Å². The molecule has 6 heteroatoms. The summed E-state index contributed by atoms with van der Waals surface area (Å²) in [6.07, 6.45) is 2.25. The van der Waals surface area contributed by atoms with Gasteiger partial charge in [0.15, 0.2) is 0 Å². The third-order valence-electron chi connectivity index (χ3n) is 3.38. The standard InChI is InChI=1S/C14H20N2O4/c1-2-3-20-14-7-11(6-12(8-14)16(18)19)15-9-10-4-13(17)5-10/h6-8,10,13,15,17H,2-5,9H2,1H3. The first-order valence-electron chi connectivity index (χ1n) is 6.92. The third-order valence-corrected chi connectivity index (χ3v) is 3.38. The average Bonchev–Trinajstić information content (AvgIpc) is 2.39. The van der Waals surface area contributed by atoms with Gasteiger partial charge in [-0.15, -0.1) is 0 Å². The molecule has 0 radical (unpaired) electrons. The zero-order chi connectivity index (χ0) is 14.5. The molecular formula is C14H20N2O4. The van der Waals surface area contributed by atoms with Crippen LogP contribution >= 0.6 is 0 Å². The van der Waals surface area contributed by atoms with Crippen molar-refractivity contribution in [1.29, 1.82) is 0 Å². The van der Waals surface area contributed by atoms with Gasteiger partial charge in [-0.2, -0.15) is 0 Å². The molecule has 20 heavy (non-hydrogen) atoms. The molecule has 2 N–H and O–H groups in total. The van der Waals surface area contributed by atoms with Gasteiger partial charge in [0.25, 0.3) is 5.69 Å². The molecule has 0 aromatic heterocycles. The summed E-state index contributed by atoms with van der Waals surface area (Å²) in [5.41, 5.74) is 0.710. The van der Waals surface area contributed by atoms with Gasteiger partial charge in [-0.3, -0.25) is 10.1 Å². The number of ether oxygens (including phenoxy) is 1. The number of non-ortho nitro benzene ring substituents is 1. The molecule has 0 saturated heterocycles. The molecule has 1 fully saturated rings. The summed E-state index contributed by atoms with van der Waals surface area (Å²) >= 11 is 0. The number of rotatable bonds is 7. The summed E-state index contributed by atoms with van der Waals surface area (Å²) in [5, 5.41) is 23.3. The van der Waals surface area contributed by atoms with Crippen molar-refractivity contribution in [2.75, 3.05) is 18.5 Å². The SMILES string of the molecule is CCCOc1cc(NCC2CC(O)C2)cc([N+](=O)[O-])c1. The van der Waals surface area contributed by atoms with Crippen molar-refractivity contribution in [1.82, 2.24) is 0 Å². The van der Waals surface area contributed by atoms with Crippen molar-refractivity contribution >= 4 is 11.4 Å². The molecule has 0 amide bonds. The van der Waals surface area contributed by atoms with Crippen LogP contribution in [0.15, 0.2) is 18.2 Å². The van der Waals surface area contributed by atoms with E-state index in [9.17, 15) is 15.2 Å². The Morgan fingerprint density at radius 2 is 2.20 bits per heavy atom. The van der Waals surface area contributed by atoms with E-state index in [4.69, 9.17) is 4.74 Å². The van der Waals surface area contributed by atoms with Crippen LogP contribution in [-0.2, 0) is 0 Å². The molecule has 110 valence electrons. The van der Waals surface area contributed by atoms with Gasteiger partial charge < -0.3 is 15.2 Å². The zero-order valence-corrected chi connectivity index (χ0v) is 11.5. The van der Waals surface area contributed by atoms with Gasteiger partial charge >= 0.3 is 0 Å². The van der Waals surface area contributed by atoms with Crippen LogP contribution < -0.4 is 10.1 Å². The largest absolute Gasteiger partial charge is 0.493 e. The summed E-state index contributed by atoms with van der Waals surface area (Å²) in [6.45, 7) is 3.24. The molecule has 1 aromatic carbocycles. The highest BCUT2D eigenvalue weighted by atomic mass is 16.6. The predicted octanol–water partition coefficient (Wildman–Crippen LogP) is 2.57. The molecule has 1 aliphatic rings. The molecule has 0 heterocycles. The maximum Gasteiger partial charge on any atom is 0.275 e. The Morgan fingerprint density at radius 1 is 1.45 bits per heavy atom. The number of benzene rings is 1. The number of nitrogens with zero attached hydrogens (tertiary/aromatic N) is 1. The van der Waals surface area contributed by atoms with Crippen molar-refractivity contribution in [3.05, 3.63) is 28.3 Å². The molecule has 1 aliphatic carbocycles. The molecule has 2 rings (SSSR count). The van der Waals surface area contributed by atoms with Crippen LogP contribution in [0.4, 0.5) is 11.4 Å². The third kappa shape index (κ3) is 3.84. The van der Waals surface area contributed by atoms with Gasteiger partial charge in [0.05, 0.1) is 23.7 Å². The number of hydrogen-bond acceptors (Lipinski definition) is 5. The summed E-state index contributed by atoms with van der Waals surface area (Å²) in [4.78, 5) is 10.5. The maximum absolute atomic E-state index is 10.9. The molecule has 0 aliphatic heterocycles. The van der Waals surface area contributed by atoms with Gasteiger partial charge in [0.1, 0.15) is 5.75 Å². The summed E-state index contributed by atoms with van der Waals surface area (Å²) in [5.74, 6) is 0.946. The topological polar surface area (TPSA) is 84.6 Å². The average molecular weight is 280 g/mol. The monoisotopic (exact) mass is 280 g/mol. The van der Waals surface area contributed by atoms with E-state index in [2.05, 4.69) is 5.32 Å². The molecule has 1 saturated carbocycles. The van der Waals surface area contributed by atoms with E-state index in [0.29, 0.717) is 30.5 Å². The Balaban J connectivity index is 2.01. The lowest BCUT2D eigenvalue weighted by Gasteiger charge is -2.31. The number of nitro benzene ring substituents is 1. The van der Waals surface area contributed by atoms with Crippen molar-refractivity contribution in [3.8, 4) is 5.75 Å². The Kier molecular flexibility index (Phi) is 4.79. The summed E-state index contributed by atoms with van der Waals surface area (Å²) in [7, 11) is 0. The lowest BCUT2D eigenvalue weighted by Crippen LogP contribution is -2.33. The Morgan fingerprint density at radius 3 is 2.80 bits per heavy atom. The Hall–Kier alpha value is -1.82. The minimum absolute atomic E-state index is 0.0229. The minimum Gasteiger partial charge on any atom is -0.493 e. The first-order chi connectivity index (χ1) is 9.58. The molecule has 0 bridgehead atoms. The van der Waals surface area contributed by atoms with E-state index in [1.165, 1.54) is 12.1 Å². The van der Waals surface area contributed by atoms with E-state index in [0.717, 1.165) is 19.3 Å². The number of hydrogen-bond donors (Lipinski definition) is 2. The van der Waals surface area contributed by atoms with Crippen molar-refractivity contribution in [3.63, 3.8) is 0 Å². The number of nitrogens with one attached hydrogen (secondary N) is 1.